The number of aliphatic imine (C=N–C) groups is 1. The predicted molar refractivity (Wildman–Crippen MR) is 110 cm³/mol. The molecule has 4 heteroatoms. The van der Waals surface area contributed by atoms with Gasteiger partial charge < -0.3 is 14.3 Å². The molecule has 0 amide bonds. The topological polar surface area (TPSA) is 47.9 Å². The molecule has 3 rings (SSSR count). The van der Waals surface area contributed by atoms with Gasteiger partial charge >= 0.3 is 0 Å². The molecule has 0 spiro atoms. The predicted octanol–water partition coefficient (Wildman–Crippen LogP) is 4.67. The molecular weight excluding hydrogens is 338 g/mol. The van der Waals surface area contributed by atoms with Crippen LogP contribution in [0.25, 0.3) is 0 Å². The Bertz CT molecular complexity index is 796. The number of carbonyl (C=O) groups is 1. The zero-order chi connectivity index (χ0) is 19.6. The van der Waals surface area contributed by atoms with Crippen LogP contribution in [0.15, 0.2) is 47.5 Å². The molecule has 0 N–H and O–H groups in total. The molecule has 1 aliphatic rings. The number of ketones is 1. The van der Waals surface area contributed by atoms with Crippen molar-refractivity contribution in [3.8, 4) is 11.5 Å². The van der Waals surface area contributed by atoms with E-state index in [-0.39, 0.29) is 5.78 Å². The molecule has 0 radical (unpaired) electrons. The van der Waals surface area contributed by atoms with Crippen LogP contribution in [0.5, 0.6) is 11.5 Å². The van der Waals surface area contributed by atoms with Gasteiger partial charge in [-0.15, -0.1) is 0 Å². The maximum atomic E-state index is 10.7. The number of Topliss-reactive ketones (excluding diaryl/α,β-unsaturated/α-hetero) is 1. The van der Waals surface area contributed by atoms with Gasteiger partial charge in [0.2, 0.25) is 0 Å². The standard InChI is InChI=1S/C12H16O2.C11H13NO/c1-10(13)5-3-6-11-7-4-8-12(9-11)14-2;1-8-11-4-3-10(13-2)7-9(11)5-6-12-8/h4,7-9H,3,5-6H2,1-2H3;3-4,7H,5-6H2,1-2H3. The van der Waals surface area contributed by atoms with Crippen molar-refractivity contribution in [2.75, 3.05) is 20.8 Å². The molecular formula is C23H29NO3. The molecule has 27 heavy (non-hydrogen) atoms. The number of aryl methyl sites for hydroxylation is 1. The minimum Gasteiger partial charge on any atom is -0.497 e. The van der Waals surface area contributed by atoms with E-state index in [0.29, 0.717) is 6.42 Å². The van der Waals surface area contributed by atoms with Gasteiger partial charge in [-0.05, 0) is 80.1 Å². The van der Waals surface area contributed by atoms with Gasteiger partial charge in [0.1, 0.15) is 17.3 Å². The van der Waals surface area contributed by atoms with Gasteiger partial charge in [-0.3, -0.25) is 4.99 Å². The molecule has 0 aromatic heterocycles. The number of fused-ring (bicyclic) bond motifs is 1. The summed E-state index contributed by atoms with van der Waals surface area (Å²) in [5.41, 5.74) is 4.99. The molecule has 0 aliphatic carbocycles. The Morgan fingerprint density at radius 3 is 2.52 bits per heavy atom. The molecule has 0 saturated carbocycles. The highest BCUT2D eigenvalue weighted by atomic mass is 16.5. The highest BCUT2D eigenvalue weighted by Crippen LogP contribution is 2.21. The Hall–Kier alpha value is -2.62. The number of ether oxygens (including phenoxy) is 2. The van der Waals surface area contributed by atoms with Crippen molar-refractivity contribution in [2.24, 2.45) is 4.99 Å². The second-order valence-corrected chi connectivity index (χ2v) is 6.65. The number of hydrogen-bond donors (Lipinski definition) is 0. The lowest BCUT2D eigenvalue weighted by molar-refractivity contribution is -0.117. The maximum Gasteiger partial charge on any atom is 0.129 e. The summed E-state index contributed by atoms with van der Waals surface area (Å²) in [5.74, 6) is 2.08. The van der Waals surface area contributed by atoms with Gasteiger partial charge in [0.05, 0.1) is 14.2 Å². The molecule has 4 nitrogen and oxygen atoms in total. The van der Waals surface area contributed by atoms with Gasteiger partial charge in [-0.1, -0.05) is 12.1 Å². The lowest BCUT2D eigenvalue weighted by atomic mass is 9.98. The first kappa shape index (κ1) is 20.7. The van der Waals surface area contributed by atoms with E-state index in [9.17, 15) is 4.79 Å². The molecule has 0 atom stereocenters. The summed E-state index contributed by atoms with van der Waals surface area (Å²) in [6, 6.07) is 14.2. The van der Waals surface area contributed by atoms with Gasteiger partial charge in [-0.2, -0.15) is 0 Å². The van der Waals surface area contributed by atoms with Crippen LogP contribution in [0, 0.1) is 0 Å². The van der Waals surface area contributed by atoms with Crippen molar-refractivity contribution in [1.82, 2.24) is 0 Å². The van der Waals surface area contributed by atoms with E-state index in [1.807, 2.05) is 24.3 Å². The van der Waals surface area contributed by atoms with E-state index >= 15 is 0 Å². The van der Waals surface area contributed by atoms with Crippen LogP contribution in [0.3, 0.4) is 0 Å². The van der Waals surface area contributed by atoms with Crippen LogP contribution in [0.2, 0.25) is 0 Å². The van der Waals surface area contributed by atoms with E-state index in [0.717, 1.165) is 43.0 Å². The highest BCUT2D eigenvalue weighted by molar-refractivity contribution is 6.00. The summed E-state index contributed by atoms with van der Waals surface area (Å²) >= 11 is 0. The fourth-order valence-corrected chi connectivity index (χ4v) is 3.06. The van der Waals surface area contributed by atoms with Crippen LogP contribution < -0.4 is 9.47 Å². The lowest BCUT2D eigenvalue weighted by Gasteiger charge is -2.14. The summed E-state index contributed by atoms with van der Waals surface area (Å²) in [5, 5.41) is 0. The van der Waals surface area contributed by atoms with E-state index < -0.39 is 0 Å². The Morgan fingerprint density at radius 1 is 1.07 bits per heavy atom. The molecule has 0 unspecified atom stereocenters. The third-order valence-corrected chi connectivity index (χ3v) is 4.56. The third-order valence-electron chi connectivity index (χ3n) is 4.56. The molecule has 0 saturated heterocycles. The highest BCUT2D eigenvalue weighted by Gasteiger charge is 2.10. The SMILES string of the molecule is COc1ccc2c(c1)CCN=C2C.COc1cccc(CCCC(C)=O)c1. The number of hydrogen-bond acceptors (Lipinski definition) is 4. The molecule has 2 aromatic carbocycles. The van der Waals surface area contributed by atoms with Gasteiger partial charge in [0, 0.05) is 18.7 Å². The number of methoxy groups -OCH3 is 2. The second kappa shape index (κ2) is 10.5. The van der Waals surface area contributed by atoms with Crippen molar-refractivity contribution in [1.29, 1.82) is 0 Å². The van der Waals surface area contributed by atoms with Crippen LogP contribution >= 0.6 is 0 Å². The average Bonchev–Trinajstić information content (AvgIpc) is 2.68. The molecule has 0 bridgehead atoms. The number of carbonyl (C=O) groups excluding carboxylic acids is 1. The lowest BCUT2D eigenvalue weighted by Crippen LogP contribution is -2.09. The van der Waals surface area contributed by atoms with Gasteiger partial charge in [-0.25, -0.2) is 0 Å². The third kappa shape index (κ3) is 6.55. The van der Waals surface area contributed by atoms with Crippen molar-refractivity contribution < 1.29 is 14.3 Å². The zero-order valence-corrected chi connectivity index (χ0v) is 16.7. The largest absolute Gasteiger partial charge is 0.497 e. The van der Waals surface area contributed by atoms with Crippen LogP contribution in [-0.2, 0) is 17.6 Å². The summed E-state index contributed by atoms with van der Waals surface area (Å²) in [4.78, 5) is 15.1. The minimum atomic E-state index is 0.257. The molecule has 1 heterocycles. The van der Waals surface area contributed by atoms with E-state index in [1.165, 1.54) is 16.7 Å². The summed E-state index contributed by atoms with van der Waals surface area (Å²) in [7, 11) is 3.36. The summed E-state index contributed by atoms with van der Waals surface area (Å²) < 4.78 is 10.3. The summed E-state index contributed by atoms with van der Waals surface area (Å²) in [6.45, 7) is 4.60. The maximum absolute atomic E-state index is 10.7. The first-order chi connectivity index (χ1) is 13.0. The van der Waals surface area contributed by atoms with Gasteiger partial charge in [0.15, 0.2) is 0 Å². The molecule has 1 aliphatic heterocycles. The molecule has 0 fully saturated rings. The first-order valence-electron chi connectivity index (χ1n) is 9.34. The number of benzene rings is 2. The van der Waals surface area contributed by atoms with E-state index in [4.69, 9.17) is 9.47 Å². The van der Waals surface area contributed by atoms with E-state index in [1.54, 1.807) is 21.1 Å². The van der Waals surface area contributed by atoms with Crippen molar-refractivity contribution in [3.05, 3.63) is 59.2 Å². The van der Waals surface area contributed by atoms with Crippen LogP contribution in [-0.4, -0.2) is 32.3 Å². The quantitative estimate of drug-likeness (QED) is 0.745. The number of nitrogens with zero attached hydrogens (tertiary/aromatic N) is 1. The molecule has 2 aromatic rings. The second-order valence-electron chi connectivity index (χ2n) is 6.65. The smallest absolute Gasteiger partial charge is 0.129 e. The van der Waals surface area contributed by atoms with Crippen molar-refractivity contribution in [2.45, 2.75) is 39.5 Å². The zero-order valence-electron chi connectivity index (χ0n) is 16.7. The Morgan fingerprint density at radius 2 is 1.81 bits per heavy atom. The normalized spacial score (nSPS) is 12.2. The Balaban J connectivity index is 0.000000194. The average molecular weight is 367 g/mol. The van der Waals surface area contributed by atoms with Crippen molar-refractivity contribution in [3.63, 3.8) is 0 Å². The molecule has 144 valence electrons. The first-order valence-corrected chi connectivity index (χ1v) is 9.34. The van der Waals surface area contributed by atoms with Gasteiger partial charge in [0.25, 0.3) is 0 Å². The number of rotatable bonds is 6. The fourth-order valence-electron chi connectivity index (χ4n) is 3.06. The monoisotopic (exact) mass is 367 g/mol. The van der Waals surface area contributed by atoms with Crippen LogP contribution in [0.1, 0.15) is 43.4 Å². The summed E-state index contributed by atoms with van der Waals surface area (Å²) in [6.07, 6.45) is 3.56. The Kier molecular flexibility index (Phi) is 8.05. The van der Waals surface area contributed by atoms with Crippen molar-refractivity contribution >= 4 is 11.5 Å². The van der Waals surface area contributed by atoms with E-state index in [2.05, 4.69) is 30.1 Å². The Labute approximate surface area is 162 Å². The fraction of sp³-hybridized carbons (Fsp3) is 0.391. The minimum absolute atomic E-state index is 0.257. The van der Waals surface area contributed by atoms with Crippen LogP contribution in [0.4, 0.5) is 0 Å².